The number of benzene rings is 1. The van der Waals surface area contributed by atoms with Crippen molar-refractivity contribution in [3.63, 3.8) is 0 Å². The van der Waals surface area contributed by atoms with Crippen LogP contribution >= 0.6 is 11.6 Å². The SMILES string of the molecule is CCCC(=O)NCC1CN(c2ccc(OC)c(Cl)c2)C(=O)O1. The standard InChI is InChI=1S/C15H19ClN2O4/c1-3-4-14(19)17-8-11-9-18(15(20)22-11)10-5-6-13(21-2)12(16)7-10/h5-7,11H,3-4,8-9H2,1-2H3,(H,17,19). The molecule has 1 atom stereocenters. The van der Waals surface area contributed by atoms with E-state index < -0.39 is 6.09 Å². The number of ether oxygens (including phenoxy) is 2. The number of anilines is 1. The van der Waals surface area contributed by atoms with Crippen molar-refractivity contribution in [1.29, 1.82) is 0 Å². The normalized spacial score (nSPS) is 17.3. The number of nitrogens with zero attached hydrogens (tertiary/aromatic N) is 1. The zero-order valence-electron chi connectivity index (χ0n) is 12.6. The van der Waals surface area contributed by atoms with Crippen LogP contribution in [-0.2, 0) is 9.53 Å². The third-order valence-electron chi connectivity index (χ3n) is 3.33. The largest absolute Gasteiger partial charge is 0.495 e. The molecule has 1 saturated heterocycles. The molecule has 0 spiro atoms. The van der Waals surface area contributed by atoms with E-state index >= 15 is 0 Å². The van der Waals surface area contributed by atoms with E-state index in [1.54, 1.807) is 18.2 Å². The van der Waals surface area contributed by atoms with Gasteiger partial charge in [-0.2, -0.15) is 0 Å². The van der Waals surface area contributed by atoms with Crippen molar-refractivity contribution >= 4 is 29.3 Å². The van der Waals surface area contributed by atoms with Gasteiger partial charge >= 0.3 is 6.09 Å². The van der Waals surface area contributed by atoms with Gasteiger partial charge in [0.2, 0.25) is 5.91 Å². The Hall–Kier alpha value is -1.95. The van der Waals surface area contributed by atoms with Gasteiger partial charge in [-0.05, 0) is 24.6 Å². The number of cyclic esters (lactones) is 1. The van der Waals surface area contributed by atoms with Crippen LogP contribution in [0, 0.1) is 0 Å². The van der Waals surface area contributed by atoms with Gasteiger partial charge in [0.25, 0.3) is 0 Å². The highest BCUT2D eigenvalue weighted by Crippen LogP contribution is 2.31. The summed E-state index contributed by atoms with van der Waals surface area (Å²) in [6.07, 6.45) is 0.441. The molecule has 1 aromatic rings. The quantitative estimate of drug-likeness (QED) is 0.872. The monoisotopic (exact) mass is 326 g/mol. The molecular formula is C15H19ClN2O4. The molecule has 0 saturated carbocycles. The van der Waals surface area contributed by atoms with Crippen molar-refractivity contribution in [1.82, 2.24) is 5.32 Å². The van der Waals surface area contributed by atoms with E-state index in [-0.39, 0.29) is 12.0 Å². The fourth-order valence-corrected chi connectivity index (χ4v) is 2.46. The van der Waals surface area contributed by atoms with Gasteiger partial charge in [-0.15, -0.1) is 0 Å². The smallest absolute Gasteiger partial charge is 0.414 e. The van der Waals surface area contributed by atoms with E-state index in [2.05, 4.69) is 5.32 Å². The summed E-state index contributed by atoms with van der Waals surface area (Å²) in [5.74, 6) is 0.505. The molecule has 2 rings (SSSR count). The molecule has 0 radical (unpaired) electrons. The van der Waals surface area contributed by atoms with Crippen LogP contribution < -0.4 is 15.0 Å². The fraction of sp³-hybridized carbons (Fsp3) is 0.467. The lowest BCUT2D eigenvalue weighted by molar-refractivity contribution is -0.121. The van der Waals surface area contributed by atoms with Crippen molar-refractivity contribution in [2.75, 3.05) is 25.1 Å². The molecule has 2 amide bonds. The molecule has 0 bridgehead atoms. The number of nitrogens with one attached hydrogen (secondary N) is 1. The topological polar surface area (TPSA) is 67.9 Å². The number of carbonyl (C=O) groups is 2. The molecule has 7 heteroatoms. The number of hydrogen-bond donors (Lipinski definition) is 1. The third-order valence-corrected chi connectivity index (χ3v) is 3.62. The van der Waals surface area contributed by atoms with Crippen molar-refractivity contribution in [2.45, 2.75) is 25.9 Å². The summed E-state index contributed by atoms with van der Waals surface area (Å²) < 4.78 is 10.3. The summed E-state index contributed by atoms with van der Waals surface area (Å²) in [6, 6.07) is 5.09. The number of halogens is 1. The van der Waals surface area contributed by atoms with Crippen LogP contribution in [0.15, 0.2) is 18.2 Å². The zero-order chi connectivity index (χ0) is 16.1. The minimum Gasteiger partial charge on any atom is -0.495 e. The molecule has 0 aromatic heterocycles. The Bertz CT molecular complexity index is 564. The van der Waals surface area contributed by atoms with Crippen LogP contribution in [-0.4, -0.2) is 38.3 Å². The van der Waals surface area contributed by atoms with Crippen LogP contribution in [0.5, 0.6) is 5.75 Å². The molecule has 1 aromatic carbocycles. The molecule has 120 valence electrons. The van der Waals surface area contributed by atoms with Gasteiger partial charge in [0, 0.05) is 12.1 Å². The Kier molecular flexibility index (Phi) is 5.49. The highest BCUT2D eigenvalue weighted by atomic mass is 35.5. The number of methoxy groups -OCH3 is 1. The summed E-state index contributed by atoms with van der Waals surface area (Å²) in [4.78, 5) is 24.9. The van der Waals surface area contributed by atoms with Gasteiger partial charge in [0.05, 0.1) is 25.2 Å². The minimum atomic E-state index is -0.448. The lowest BCUT2D eigenvalue weighted by atomic mass is 10.2. The average Bonchev–Trinajstić information content (AvgIpc) is 2.86. The summed E-state index contributed by atoms with van der Waals surface area (Å²) >= 11 is 6.07. The Morgan fingerprint density at radius 2 is 2.32 bits per heavy atom. The Balaban J connectivity index is 1.97. The van der Waals surface area contributed by atoms with Gasteiger partial charge in [0.15, 0.2) is 0 Å². The van der Waals surface area contributed by atoms with Gasteiger partial charge < -0.3 is 14.8 Å². The maximum atomic E-state index is 11.9. The lowest BCUT2D eigenvalue weighted by Crippen LogP contribution is -2.34. The first kappa shape index (κ1) is 16.4. The highest BCUT2D eigenvalue weighted by molar-refractivity contribution is 6.32. The first-order valence-corrected chi connectivity index (χ1v) is 7.51. The molecule has 1 fully saturated rings. The van der Waals surface area contributed by atoms with E-state index in [1.807, 2.05) is 6.92 Å². The van der Waals surface area contributed by atoms with Crippen LogP contribution in [0.1, 0.15) is 19.8 Å². The average molecular weight is 327 g/mol. The van der Waals surface area contributed by atoms with Gasteiger partial charge in [-0.1, -0.05) is 18.5 Å². The predicted molar refractivity (Wildman–Crippen MR) is 83.5 cm³/mol. The molecule has 1 aliphatic rings. The molecule has 0 aliphatic carbocycles. The first-order valence-electron chi connectivity index (χ1n) is 7.13. The fourth-order valence-electron chi connectivity index (χ4n) is 2.20. The third kappa shape index (κ3) is 3.82. The van der Waals surface area contributed by atoms with Gasteiger partial charge in [0.1, 0.15) is 11.9 Å². The van der Waals surface area contributed by atoms with Crippen molar-refractivity contribution in [2.24, 2.45) is 0 Å². The van der Waals surface area contributed by atoms with E-state index in [0.717, 1.165) is 6.42 Å². The molecule has 1 unspecified atom stereocenters. The van der Waals surface area contributed by atoms with E-state index in [0.29, 0.717) is 36.0 Å². The van der Waals surface area contributed by atoms with Crippen LogP contribution in [0.2, 0.25) is 5.02 Å². The van der Waals surface area contributed by atoms with Crippen molar-refractivity contribution in [3.05, 3.63) is 23.2 Å². The Morgan fingerprint density at radius 3 is 2.95 bits per heavy atom. The summed E-state index contributed by atoms with van der Waals surface area (Å²) in [5, 5.41) is 3.18. The van der Waals surface area contributed by atoms with Crippen LogP contribution in [0.25, 0.3) is 0 Å². The number of rotatable bonds is 6. The van der Waals surface area contributed by atoms with E-state index in [9.17, 15) is 9.59 Å². The zero-order valence-corrected chi connectivity index (χ0v) is 13.4. The molecular weight excluding hydrogens is 308 g/mol. The number of amides is 2. The van der Waals surface area contributed by atoms with Crippen molar-refractivity contribution in [3.8, 4) is 5.75 Å². The first-order chi connectivity index (χ1) is 10.5. The molecule has 1 N–H and O–H groups in total. The molecule has 1 aliphatic heterocycles. The van der Waals surface area contributed by atoms with Gasteiger partial charge in [-0.25, -0.2) is 4.79 Å². The van der Waals surface area contributed by atoms with Crippen molar-refractivity contribution < 1.29 is 19.1 Å². The summed E-state index contributed by atoms with van der Waals surface area (Å²) in [7, 11) is 1.53. The van der Waals surface area contributed by atoms with Crippen LogP contribution in [0.3, 0.4) is 0 Å². The second kappa shape index (κ2) is 7.35. The second-order valence-corrected chi connectivity index (χ2v) is 5.40. The Labute approximate surface area is 134 Å². The molecule has 1 heterocycles. The minimum absolute atomic E-state index is 0.0375. The highest BCUT2D eigenvalue weighted by Gasteiger charge is 2.32. The number of hydrogen-bond acceptors (Lipinski definition) is 4. The predicted octanol–water partition coefficient (Wildman–Crippen LogP) is 2.59. The lowest BCUT2D eigenvalue weighted by Gasteiger charge is -2.14. The molecule has 22 heavy (non-hydrogen) atoms. The summed E-state index contributed by atoms with van der Waals surface area (Å²) in [6.45, 7) is 2.61. The second-order valence-electron chi connectivity index (χ2n) is 4.99. The van der Waals surface area contributed by atoms with Gasteiger partial charge in [-0.3, -0.25) is 9.69 Å². The number of carbonyl (C=O) groups excluding carboxylic acids is 2. The Morgan fingerprint density at radius 1 is 1.55 bits per heavy atom. The maximum Gasteiger partial charge on any atom is 0.414 e. The van der Waals surface area contributed by atoms with E-state index in [1.165, 1.54) is 12.0 Å². The molecule has 6 nitrogen and oxygen atoms in total. The summed E-state index contributed by atoms with van der Waals surface area (Å²) in [5.41, 5.74) is 0.637. The van der Waals surface area contributed by atoms with Crippen LogP contribution in [0.4, 0.5) is 10.5 Å². The maximum absolute atomic E-state index is 11.9. The van der Waals surface area contributed by atoms with E-state index in [4.69, 9.17) is 21.1 Å².